The second kappa shape index (κ2) is 11.0. The number of piperazine rings is 1. The van der Waals surface area contributed by atoms with Gasteiger partial charge in [-0.2, -0.15) is 0 Å². The number of benzene rings is 3. The molecular weight excluding hydrogens is 474 g/mol. The number of hydrogen-bond donors (Lipinski definition) is 3. The van der Waals surface area contributed by atoms with Crippen molar-refractivity contribution in [3.63, 3.8) is 0 Å². The first-order valence-corrected chi connectivity index (χ1v) is 12.9. The predicted molar refractivity (Wildman–Crippen MR) is 144 cm³/mol. The summed E-state index contributed by atoms with van der Waals surface area (Å²) in [5, 5.41) is 15.2. The van der Waals surface area contributed by atoms with Crippen LogP contribution in [-0.4, -0.2) is 73.0 Å². The van der Waals surface area contributed by atoms with Gasteiger partial charge in [0.25, 0.3) is 0 Å². The molecule has 0 spiro atoms. The summed E-state index contributed by atoms with van der Waals surface area (Å²) in [7, 11) is 0. The molecule has 2 aliphatic heterocycles. The fraction of sp³-hybridized carbons (Fsp3) is 0.296. The number of fused-ring (bicyclic) bond motifs is 1. The van der Waals surface area contributed by atoms with E-state index in [2.05, 4.69) is 44.2 Å². The van der Waals surface area contributed by atoms with Crippen molar-refractivity contribution in [2.45, 2.75) is 17.4 Å². The third-order valence-electron chi connectivity index (χ3n) is 6.53. The van der Waals surface area contributed by atoms with Crippen LogP contribution in [-0.2, 0) is 9.59 Å². The van der Waals surface area contributed by atoms with Crippen LogP contribution in [0.25, 0.3) is 10.8 Å². The summed E-state index contributed by atoms with van der Waals surface area (Å²) in [4.78, 5) is 34.1. The van der Waals surface area contributed by atoms with Crippen molar-refractivity contribution in [2.24, 2.45) is 4.99 Å². The van der Waals surface area contributed by atoms with Gasteiger partial charge in [0.2, 0.25) is 5.91 Å². The van der Waals surface area contributed by atoms with Gasteiger partial charge in [0.15, 0.2) is 0 Å². The Morgan fingerprint density at radius 2 is 1.75 bits per heavy atom. The molecule has 0 aromatic heterocycles. The Labute approximate surface area is 214 Å². The number of rotatable bonds is 8. The van der Waals surface area contributed by atoms with Crippen molar-refractivity contribution in [2.75, 3.05) is 44.2 Å². The first-order chi connectivity index (χ1) is 17.6. The number of carbonyl (C=O) groups is 2. The van der Waals surface area contributed by atoms with Gasteiger partial charge in [0.05, 0.1) is 13.0 Å². The largest absolute Gasteiger partial charge is 0.480 e. The molecule has 1 saturated heterocycles. The van der Waals surface area contributed by atoms with Crippen LogP contribution >= 0.6 is 11.9 Å². The minimum atomic E-state index is -1.03. The van der Waals surface area contributed by atoms with E-state index >= 15 is 0 Å². The molecule has 1 unspecified atom stereocenters. The molecule has 5 rings (SSSR count). The van der Waals surface area contributed by atoms with Crippen LogP contribution < -0.4 is 14.9 Å². The van der Waals surface area contributed by atoms with Gasteiger partial charge < -0.3 is 20.2 Å². The SMILES string of the molecule is O=C(O)C(CC(=O)N1CCN(c2ccc(C3=NCCN3)cc2)CC1)NSc1ccc2ccccc2c1. The van der Waals surface area contributed by atoms with E-state index in [0.717, 1.165) is 45.8 Å². The maximum absolute atomic E-state index is 12.9. The Balaban J connectivity index is 1.13. The minimum absolute atomic E-state index is 0.0836. The molecule has 3 N–H and O–H groups in total. The molecule has 0 aliphatic carbocycles. The first-order valence-electron chi connectivity index (χ1n) is 12.1. The molecule has 2 aliphatic rings. The molecular formula is C27H29N5O3S. The maximum atomic E-state index is 12.9. The number of aliphatic imine (C=N–C) groups is 1. The summed E-state index contributed by atoms with van der Waals surface area (Å²) in [5.41, 5.74) is 2.19. The molecule has 3 aromatic carbocycles. The van der Waals surface area contributed by atoms with Gasteiger partial charge in [-0.25, -0.2) is 4.72 Å². The number of carboxylic acid groups (broad SMARTS) is 1. The van der Waals surface area contributed by atoms with Crippen molar-refractivity contribution < 1.29 is 14.7 Å². The summed E-state index contributed by atoms with van der Waals surface area (Å²) >= 11 is 1.25. The lowest BCUT2D eigenvalue weighted by atomic mass is 10.1. The smallest absolute Gasteiger partial charge is 0.322 e. The zero-order chi connectivity index (χ0) is 24.9. The topological polar surface area (TPSA) is 97.3 Å². The molecule has 36 heavy (non-hydrogen) atoms. The summed E-state index contributed by atoms with van der Waals surface area (Å²) in [6.45, 7) is 4.25. The Morgan fingerprint density at radius 1 is 1.00 bits per heavy atom. The number of amidine groups is 1. The summed E-state index contributed by atoms with van der Waals surface area (Å²) < 4.78 is 2.98. The third-order valence-corrected chi connectivity index (χ3v) is 7.42. The second-order valence-electron chi connectivity index (χ2n) is 8.90. The maximum Gasteiger partial charge on any atom is 0.322 e. The fourth-order valence-corrected chi connectivity index (χ4v) is 5.27. The van der Waals surface area contributed by atoms with Crippen LogP contribution in [0.1, 0.15) is 12.0 Å². The monoisotopic (exact) mass is 503 g/mol. The highest BCUT2D eigenvalue weighted by Crippen LogP contribution is 2.23. The van der Waals surface area contributed by atoms with Crippen LogP contribution in [0.2, 0.25) is 0 Å². The molecule has 0 bridgehead atoms. The quantitative estimate of drug-likeness (QED) is 0.407. The Morgan fingerprint density at radius 3 is 2.44 bits per heavy atom. The van der Waals surface area contributed by atoms with E-state index in [1.807, 2.05) is 42.5 Å². The average Bonchev–Trinajstić information content (AvgIpc) is 3.46. The standard InChI is InChI=1S/C27H29N5O3S/c33-25(18-24(27(34)35)30-36-23-10-7-19-3-1-2-4-21(19)17-23)32-15-13-31(14-16-32)22-8-5-20(6-9-22)26-28-11-12-29-26/h1-10,17,24,30H,11-16,18H2,(H,28,29)(H,34,35). The Hall–Kier alpha value is -3.56. The molecule has 2 heterocycles. The van der Waals surface area contributed by atoms with Gasteiger partial charge >= 0.3 is 5.97 Å². The van der Waals surface area contributed by atoms with Crippen molar-refractivity contribution in [3.05, 3.63) is 72.3 Å². The van der Waals surface area contributed by atoms with E-state index in [9.17, 15) is 14.7 Å². The highest BCUT2D eigenvalue weighted by atomic mass is 32.2. The van der Waals surface area contributed by atoms with Gasteiger partial charge in [-0.05, 0) is 59.1 Å². The van der Waals surface area contributed by atoms with Crippen LogP contribution in [0.3, 0.4) is 0 Å². The average molecular weight is 504 g/mol. The number of anilines is 1. The number of carboxylic acids is 1. The number of nitrogens with zero attached hydrogens (tertiary/aromatic N) is 3. The molecule has 8 nitrogen and oxygen atoms in total. The van der Waals surface area contributed by atoms with E-state index in [-0.39, 0.29) is 12.3 Å². The molecule has 186 valence electrons. The lowest BCUT2D eigenvalue weighted by molar-refractivity contribution is -0.143. The van der Waals surface area contributed by atoms with Crippen LogP contribution in [0.15, 0.2) is 76.6 Å². The first kappa shape index (κ1) is 24.1. The van der Waals surface area contributed by atoms with Gasteiger partial charge in [-0.1, -0.05) is 30.3 Å². The summed E-state index contributed by atoms with van der Waals surface area (Å²) in [6, 6.07) is 21.3. The second-order valence-corrected chi connectivity index (χ2v) is 9.81. The molecule has 1 amide bonds. The number of carbonyl (C=O) groups excluding carboxylic acids is 1. The molecule has 0 saturated carbocycles. The van der Waals surface area contributed by atoms with Gasteiger partial charge in [-0.15, -0.1) is 0 Å². The summed E-state index contributed by atoms with van der Waals surface area (Å²) in [6.07, 6.45) is -0.0836. The molecule has 9 heteroatoms. The van der Waals surface area contributed by atoms with E-state index in [1.165, 1.54) is 11.9 Å². The zero-order valence-corrected chi connectivity index (χ0v) is 20.7. The predicted octanol–water partition coefficient (Wildman–Crippen LogP) is 2.98. The zero-order valence-electron chi connectivity index (χ0n) is 19.9. The third kappa shape index (κ3) is 5.63. The molecule has 1 fully saturated rings. The van der Waals surface area contributed by atoms with Crippen molar-refractivity contribution in [3.8, 4) is 0 Å². The fourth-order valence-electron chi connectivity index (χ4n) is 4.49. The van der Waals surface area contributed by atoms with Crippen molar-refractivity contribution in [1.82, 2.24) is 14.9 Å². The van der Waals surface area contributed by atoms with E-state index in [0.29, 0.717) is 26.2 Å². The lowest BCUT2D eigenvalue weighted by Crippen LogP contribution is -2.50. The van der Waals surface area contributed by atoms with Crippen LogP contribution in [0.4, 0.5) is 5.69 Å². The van der Waals surface area contributed by atoms with E-state index in [4.69, 9.17) is 0 Å². The Kier molecular flexibility index (Phi) is 7.39. The van der Waals surface area contributed by atoms with Crippen molar-refractivity contribution >= 4 is 46.1 Å². The van der Waals surface area contributed by atoms with E-state index < -0.39 is 12.0 Å². The lowest BCUT2D eigenvalue weighted by Gasteiger charge is -2.36. The van der Waals surface area contributed by atoms with Gasteiger partial charge in [0.1, 0.15) is 11.9 Å². The van der Waals surface area contributed by atoms with E-state index in [1.54, 1.807) is 4.90 Å². The van der Waals surface area contributed by atoms with Crippen LogP contribution in [0, 0.1) is 0 Å². The molecule has 3 aromatic rings. The normalized spacial score (nSPS) is 16.5. The highest BCUT2D eigenvalue weighted by Gasteiger charge is 2.27. The number of amides is 1. The number of aliphatic carboxylic acids is 1. The van der Waals surface area contributed by atoms with Gasteiger partial charge in [0, 0.05) is 48.9 Å². The van der Waals surface area contributed by atoms with Gasteiger partial charge in [-0.3, -0.25) is 14.6 Å². The number of nitrogens with one attached hydrogen (secondary N) is 2. The van der Waals surface area contributed by atoms with Crippen molar-refractivity contribution in [1.29, 1.82) is 0 Å². The molecule has 0 radical (unpaired) electrons. The highest BCUT2D eigenvalue weighted by molar-refractivity contribution is 7.97. The number of hydrogen-bond acceptors (Lipinski definition) is 7. The molecule has 1 atom stereocenters. The van der Waals surface area contributed by atoms with Crippen LogP contribution in [0.5, 0.6) is 0 Å². The summed E-state index contributed by atoms with van der Waals surface area (Å²) in [5.74, 6) is -0.233. The minimum Gasteiger partial charge on any atom is -0.480 e. The Bertz CT molecular complexity index is 1270.